The first kappa shape index (κ1) is 12.6. The van der Waals surface area contributed by atoms with Crippen LogP contribution in [0.25, 0.3) is 0 Å². The van der Waals surface area contributed by atoms with Gasteiger partial charge < -0.3 is 5.73 Å². The lowest BCUT2D eigenvalue weighted by atomic mass is 9.89. The standard InChI is InChI=1S/C10H17BrFN3/c1-6(2)7(4-13)9(12)10-8(11)5-14-15(10)3/h5-7,9H,4,13H2,1-3H3. The first-order chi connectivity index (χ1) is 6.99. The zero-order valence-corrected chi connectivity index (χ0v) is 10.8. The predicted octanol–water partition coefficient (Wildman–Crippen LogP) is 2.42. The van der Waals surface area contributed by atoms with E-state index in [-0.39, 0.29) is 11.8 Å². The number of nitrogens with zero attached hydrogens (tertiary/aromatic N) is 2. The van der Waals surface area contributed by atoms with Crippen molar-refractivity contribution in [3.8, 4) is 0 Å². The Morgan fingerprint density at radius 2 is 2.20 bits per heavy atom. The van der Waals surface area contributed by atoms with E-state index in [0.717, 1.165) is 0 Å². The van der Waals surface area contributed by atoms with Gasteiger partial charge in [0.25, 0.3) is 0 Å². The maximum Gasteiger partial charge on any atom is 0.147 e. The van der Waals surface area contributed by atoms with E-state index in [9.17, 15) is 4.39 Å². The van der Waals surface area contributed by atoms with E-state index in [1.807, 2.05) is 13.8 Å². The van der Waals surface area contributed by atoms with Crippen molar-refractivity contribution >= 4 is 15.9 Å². The van der Waals surface area contributed by atoms with Crippen LogP contribution in [0.15, 0.2) is 10.7 Å². The van der Waals surface area contributed by atoms with Gasteiger partial charge in [0.15, 0.2) is 0 Å². The van der Waals surface area contributed by atoms with Crippen LogP contribution < -0.4 is 5.73 Å². The number of hydrogen-bond acceptors (Lipinski definition) is 2. The summed E-state index contributed by atoms with van der Waals surface area (Å²) >= 11 is 3.30. The molecule has 0 aliphatic rings. The van der Waals surface area contributed by atoms with Gasteiger partial charge in [0.2, 0.25) is 0 Å². The van der Waals surface area contributed by atoms with Gasteiger partial charge in [-0.2, -0.15) is 5.10 Å². The minimum atomic E-state index is -1.07. The average molecular weight is 278 g/mol. The maximum atomic E-state index is 14.2. The molecular weight excluding hydrogens is 261 g/mol. The van der Waals surface area contributed by atoms with Gasteiger partial charge in [0, 0.05) is 13.0 Å². The Bertz CT molecular complexity index is 305. The number of halogens is 2. The molecular formula is C10H17BrFN3. The molecule has 2 N–H and O–H groups in total. The van der Waals surface area contributed by atoms with Gasteiger partial charge >= 0.3 is 0 Å². The molecule has 1 rings (SSSR count). The second-order valence-corrected chi connectivity index (χ2v) is 4.90. The van der Waals surface area contributed by atoms with Crippen LogP contribution in [0, 0.1) is 11.8 Å². The van der Waals surface area contributed by atoms with Crippen LogP contribution >= 0.6 is 15.9 Å². The summed E-state index contributed by atoms with van der Waals surface area (Å²) in [6.07, 6.45) is 0.535. The number of alkyl halides is 1. The number of nitrogens with two attached hydrogens (primary N) is 1. The summed E-state index contributed by atoms with van der Waals surface area (Å²) in [5, 5.41) is 4.00. The van der Waals surface area contributed by atoms with E-state index in [1.54, 1.807) is 17.9 Å². The van der Waals surface area contributed by atoms with E-state index < -0.39 is 6.17 Å². The molecule has 0 radical (unpaired) electrons. The van der Waals surface area contributed by atoms with Gasteiger partial charge in [-0.25, -0.2) is 4.39 Å². The predicted molar refractivity (Wildman–Crippen MR) is 62.1 cm³/mol. The molecule has 0 bridgehead atoms. The zero-order valence-electron chi connectivity index (χ0n) is 9.24. The molecule has 5 heteroatoms. The van der Waals surface area contributed by atoms with Crippen molar-refractivity contribution in [2.45, 2.75) is 20.0 Å². The highest BCUT2D eigenvalue weighted by atomic mass is 79.9. The van der Waals surface area contributed by atoms with Crippen molar-refractivity contribution in [1.29, 1.82) is 0 Å². The molecule has 0 saturated carbocycles. The van der Waals surface area contributed by atoms with E-state index in [2.05, 4.69) is 21.0 Å². The van der Waals surface area contributed by atoms with Crippen LogP contribution in [0.5, 0.6) is 0 Å². The molecule has 15 heavy (non-hydrogen) atoms. The van der Waals surface area contributed by atoms with E-state index in [4.69, 9.17) is 5.73 Å². The minimum Gasteiger partial charge on any atom is -0.330 e. The van der Waals surface area contributed by atoms with Crippen molar-refractivity contribution in [3.05, 3.63) is 16.4 Å². The van der Waals surface area contributed by atoms with Crippen LogP contribution in [0.4, 0.5) is 4.39 Å². The molecule has 1 aromatic rings. The van der Waals surface area contributed by atoms with Crippen LogP contribution in [-0.4, -0.2) is 16.3 Å². The zero-order chi connectivity index (χ0) is 11.6. The summed E-state index contributed by atoms with van der Waals surface area (Å²) in [7, 11) is 1.74. The molecule has 2 atom stereocenters. The van der Waals surface area contributed by atoms with Gasteiger partial charge in [-0.05, 0) is 28.4 Å². The highest BCUT2D eigenvalue weighted by molar-refractivity contribution is 9.10. The number of aromatic nitrogens is 2. The summed E-state index contributed by atoms with van der Waals surface area (Å²) in [5.41, 5.74) is 6.16. The summed E-state index contributed by atoms with van der Waals surface area (Å²) in [4.78, 5) is 0. The smallest absolute Gasteiger partial charge is 0.147 e. The van der Waals surface area contributed by atoms with Crippen molar-refractivity contribution in [2.75, 3.05) is 6.54 Å². The summed E-state index contributed by atoms with van der Waals surface area (Å²) < 4.78 is 16.5. The van der Waals surface area contributed by atoms with Crippen molar-refractivity contribution in [2.24, 2.45) is 24.6 Å². The Hall–Kier alpha value is -0.420. The molecule has 2 unspecified atom stereocenters. The Morgan fingerprint density at radius 3 is 2.53 bits per heavy atom. The number of aryl methyl sites for hydroxylation is 1. The van der Waals surface area contributed by atoms with Crippen LogP contribution in [0.2, 0.25) is 0 Å². The van der Waals surface area contributed by atoms with Crippen LogP contribution in [0.1, 0.15) is 25.7 Å². The third-order valence-corrected chi connectivity index (χ3v) is 3.31. The van der Waals surface area contributed by atoms with E-state index in [1.165, 1.54) is 0 Å². The van der Waals surface area contributed by atoms with E-state index in [0.29, 0.717) is 16.7 Å². The van der Waals surface area contributed by atoms with Gasteiger partial charge in [-0.15, -0.1) is 0 Å². The molecule has 0 spiro atoms. The van der Waals surface area contributed by atoms with Gasteiger partial charge in [-0.3, -0.25) is 4.68 Å². The molecule has 1 aromatic heterocycles. The van der Waals surface area contributed by atoms with Crippen molar-refractivity contribution < 1.29 is 4.39 Å². The molecule has 0 aliphatic heterocycles. The summed E-state index contributed by atoms with van der Waals surface area (Å²) in [6, 6.07) is 0. The first-order valence-electron chi connectivity index (χ1n) is 5.00. The molecule has 0 amide bonds. The molecule has 0 aliphatic carbocycles. The highest BCUT2D eigenvalue weighted by Crippen LogP contribution is 2.34. The minimum absolute atomic E-state index is 0.170. The van der Waals surface area contributed by atoms with Gasteiger partial charge in [-0.1, -0.05) is 13.8 Å². The number of hydrogen-bond donors (Lipinski definition) is 1. The molecule has 0 aromatic carbocycles. The van der Waals surface area contributed by atoms with Gasteiger partial charge in [0.05, 0.1) is 16.4 Å². The normalized spacial score (nSPS) is 15.7. The average Bonchev–Trinajstić information content (AvgIpc) is 2.46. The largest absolute Gasteiger partial charge is 0.330 e. The van der Waals surface area contributed by atoms with Crippen molar-refractivity contribution in [1.82, 2.24) is 9.78 Å². The lowest BCUT2D eigenvalue weighted by Gasteiger charge is -2.23. The van der Waals surface area contributed by atoms with Crippen LogP contribution in [0.3, 0.4) is 0 Å². The SMILES string of the molecule is CC(C)C(CN)C(F)c1c(Br)cnn1C. The fourth-order valence-corrected chi connectivity index (χ4v) is 2.23. The Kier molecular flexibility index (Phi) is 4.28. The van der Waals surface area contributed by atoms with Crippen LogP contribution in [-0.2, 0) is 7.05 Å². The molecule has 86 valence electrons. The number of rotatable bonds is 4. The van der Waals surface area contributed by atoms with E-state index >= 15 is 0 Å². The monoisotopic (exact) mass is 277 g/mol. The third kappa shape index (κ3) is 2.58. The first-order valence-corrected chi connectivity index (χ1v) is 5.79. The molecule has 0 fully saturated rings. The Morgan fingerprint density at radius 1 is 1.60 bits per heavy atom. The third-order valence-electron chi connectivity index (χ3n) is 2.70. The second kappa shape index (κ2) is 5.07. The summed E-state index contributed by atoms with van der Waals surface area (Å²) in [5.74, 6) is 0.0449. The fourth-order valence-electron chi connectivity index (χ4n) is 1.66. The lowest BCUT2D eigenvalue weighted by molar-refractivity contribution is 0.178. The fraction of sp³-hybridized carbons (Fsp3) is 0.700. The Balaban J connectivity index is 2.97. The Labute approximate surface area is 98.0 Å². The lowest BCUT2D eigenvalue weighted by Crippen LogP contribution is -2.26. The second-order valence-electron chi connectivity index (χ2n) is 4.05. The van der Waals surface area contributed by atoms with Crippen molar-refractivity contribution in [3.63, 3.8) is 0 Å². The van der Waals surface area contributed by atoms with Gasteiger partial charge in [0.1, 0.15) is 6.17 Å². The molecule has 1 heterocycles. The quantitative estimate of drug-likeness (QED) is 0.919. The highest BCUT2D eigenvalue weighted by Gasteiger charge is 2.28. The molecule has 0 saturated heterocycles. The summed E-state index contributed by atoms with van der Waals surface area (Å²) in [6.45, 7) is 4.30. The topological polar surface area (TPSA) is 43.8 Å². The molecule has 3 nitrogen and oxygen atoms in total. The maximum absolute atomic E-state index is 14.2.